The topological polar surface area (TPSA) is 100 Å². The highest BCUT2D eigenvalue weighted by atomic mass is 35.5. The van der Waals surface area contributed by atoms with Crippen LogP contribution in [0.3, 0.4) is 0 Å². The second kappa shape index (κ2) is 12.6. The van der Waals surface area contributed by atoms with Gasteiger partial charge in [-0.1, -0.05) is 47.5 Å². The minimum Gasteiger partial charge on any atom is -0.490 e. The van der Waals surface area contributed by atoms with Crippen LogP contribution in [0.2, 0.25) is 10.0 Å². The molecule has 0 unspecified atom stereocenters. The van der Waals surface area contributed by atoms with Gasteiger partial charge in [0.05, 0.1) is 22.3 Å². The molecule has 9 heteroatoms. The maximum absolute atomic E-state index is 12.6. The van der Waals surface area contributed by atoms with Gasteiger partial charge in [-0.3, -0.25) is 9.59 Å². The number of nitriles is 1. The number of anilines is 2. The summed E-state index contributed by atoms with van der Waals surface area (Å²) in [4.78, 5) is 25.0. The Hall–Kier alpha value is -3.99. The minimum absolute atomic E-state index is 0.122. The molecule has 7 nitrogen and oxygen atoms in total. The van der Waals surface area contributed by atoms with Gasteiger partial charge in [0.15, 0.2) is 18.1 Å². The van der Waals surface area contributed by atoms with E-state index >= 15 is 0 Å². The smallest absolute Gasteiger partial charge is 0.266 e. The van der Waals surface area contributed by atoms with E-state index < -0.39 is 11.8 Å². The van der Waals surface area contributed by atoms with Crippen LogP contribution in [0.5, 0.6) is 11.5 Å². The Morgan fingerprint density at radius 2 is 1.78 bits per heavy atom. The predicted molar refractivity (Wildman–Crippen MR) is 142 cm³/mol. The van der Waals surface area contributed by atoms with Crippen LogP contribution in [0.1, 0.15) is 18.1 Å². The van der Waals surface area contributed by atoms with Crippen molar-refractivity contribution < 1.29 is 19.1 Å². The van der Waals surface area contributed by atoms with Crippen LogP contribution < -0.4 is 20.1 Å². The number of para-hydroxylation sites is 1. The fourth-order valence-corrected chi connectivity index (χ4v) is 3.65. The van der Waals surface area contributed by atoms with E-state index in [1.165, 1.54) is 12.1 Å². The first kappa shape index (κ1) is 26.6. The van der Waals surface area contributed by atoms with Crippen LogP contribution in [0, 0.1) is 18.3 Å². The van der Waals surface area contributed by atoms with Crippen molar-refractivity contribution in [1.82, 2.24) is 0 Å². The monoisotopic (exact) mass is 523 g/mol. The first-order valence-electron chi connectivity index (χ1n) is 10.9. The number of benzene rings is 3. The maximum Gasteiger partial charge on any atom is 0.266 e. The number of carbonyl (C=O) groups is 2. The van der Waals surface area contributed by atoms with Gasteiger partial charge in [-0.05, 0) is 67.4 Å². The van der Waals surface area contributed by atoms with E-state index in [9.17, 15) is 14.9 Å². The SMILES string of the molecule is CCOc1cc(/C=C(\C#N)C(=O)Nc2cccc(C)c2)cc(Cl)c1OCC(=O)Nc1ccccc1Cl. The third-order valence-electron chi connectivity index (χ3n) is 4.78. The van der Waals surface area contributed by atoms with E-state index in [0.717, 1.165) is 5.56 Å². The lowest BCUT2D eigenvalue weighted by atomic mass is 10.1. The van der Waals surface area contributed by atoms with E-state index in [1.807, 2.05) is 25.1 Å². The Labute approximate surface area is 219 Å². The van der Waals surface area contributed by atoms with Crippen LogP contribution >= 0.6 is 23.2 Å². The molecule has 3 aromatic carbocycles. The van der Waals surface area contributed by atoms with Gasteiger partial charge in [0.2, 0.25) is 0 Å². The number of nitrogens with zero attached hydrogens (tertiary/aromatic N) is 1. The molecular formula is C27H23Cl2N3O4. The second-order valence-corrected chi connectivity index (χ2v) is 8.39. The number of hydrogen-bond acceptors (Lipinski definition) is 5. The Balaban J connectivity index is 1.78. The Kier molecular flexibility index (Phi) is 9.34. The van der Waals surface area contributed by atoms with Gasteiger partial charge in [-0.15, -0.1) is 0 Å². The summed E-state index contributed by atoms with van der Waals surface area (Å²) in [6, 6.07) is 19.1. The zero-order valence-electron chi connectivity index (χ0n) is 19.6. The van der Waals surface area contributed by atoms with Crippen molar-refractivity contribution in [2.75, 3.05) is 23.8 Å². The zero-order chi connectivity index (χ0) is 26.1. The average Bonchev–Trinajstić information content (AvgIpc) is 2.83. The second-order valence-electron chi connectivity index (χ2n) is 7.57. The summed E-state index contributed by atoms with van der Waals surface area (Å²) in [5.74, 6) is -0.579. The van der Waals surface area contributed by atoms with Gasteiger partial charge in [-0.25, -0.2) is 0 Å². The van der Waals surface area contributed by atoms with E-state index in [2.05, 4.69) is 10.6 Å². The number of rotatable bonds is 9. The fraction of sp³-hybridized carbons (Fsp3) is 0.148. The number of nitrogens with one attached hydrogen (secondary N) is 2. The maximum atomic E-state index is 12.6. The van der Waals surface area contributed by atoms with Crippen molar-refractivity contribution in [2.45, 2.75) is 13.8 Å². The average molecular weight is 524 g/mol. The van der Waals surface area contributed by atoms with E-state index in [-0.39, 0.29) is 28.7 Å². The van der Waals surface area contributed by atoms with Gasteiger partial charge in [-0.2, -0.15) is 5.26 Å². The van der Waals surface area contributed by atoms with Gasteiger partial charge in [0.25, 0.3) is 11.8 Å². The van der Waals surface area contributed by atoms with Crippen LogP contribution in [-0.2, 0) is 9.59 Å². The number of amides is 2. The fourth-order valence-electron chi connectivity index (χ4n) is 3.20. The molecule has 36 heavy (non-hydrogen) atoms. The summed E-state index contributed by atoms with van der Waals surface area (Å²) < 4.78 is 11.3. The van der Waals surface area contributed by atoms with E-state index in [4.69, 9.17) is 32.7 Å². The van der Waals surface area contributed by atoms with Crippen molar-refractivity contribution in [3.05, 3.63) is 87.4 Å². The van der Waals surface area contributed by atoms with Gasteiger partial charge < -0.3 is 20.1 Å². The number of halogens is 2. The summed E-state index contributed by atoms with van der Waals surface area (Å²) in [6.07, 6.45) is 1.40. The molecule has 184 valence electrons. The van der Waals surface area contributed by atoms with Crippen molar-refractivity contribution in [3.8, 4) is 17.6 Å². The first-order chi connectivity index (χ1) is 17.3. The molecular weight excluding hydrogens is 501 g/mol. The van der Waals surface area contributed by atoms with Crippen LogP contribution in [-0.4, -0.2) is 25.0 Å². The molecule has 0 heterocycles. The molecule has 3 aromatic rings. The van der Waals surface area contributed by atoms with Crippen molar-refractivity contribution >= 4 is 52.5 Å². The summed E-state index contributed by atoms with van der Waals surface area (Å²) in [7, 11) is 0. The molecule has 0 spiro atoms. The highest BCUT2D eigenvalue weighted by Crippen LogP contribution is 2.37. The molecule has 0 aliphatic rings. The minimum atomic E-state index is -0.561. The number of hydrogen-bond donors (Lipinski definition) is 2. The quantitative estimate of drug-likeness (QED) is 0.254. The largest absolute Gasteiger partial charge is 0.490 e. The van der Waals surface area contributed by atoms with Crippen LogP contribution in [0.25, 0.3) is 6.08 Å². The molecule has 0 radical (unpaired) electrons. The van der Waals surface area contributed by atoms with Gasteiger partial charge >= 0.3 is 0 Å². The molecule has 0 saturated carbocycles. The third kappa shape index (κ3) is 7.25. The van der Waals surface area contributed by atoms with E-state index in [0.29, 0.717) is 28.6 Å². The molecule has 0 aliphatic carbocycles. The van der Waals surface area contributed by atoms with Gasteiger partial charge in [0.1, 0.15) is 11.6 Å². The van der Waals surface area contributed by atoms with Crippen molar-refractivity contribution in [1.29, 1.82) is 5.26 Å². The van der Waals surface area contributed by atoms with Crippen molar-refractivity contribution in [2.24, 2.45) is 0 Å². The highest BCUT2D eigenvalue weighted by molar-refractivity contribution is 6.33. The van der Waals surface area contributed by atoms with E-state index in [1.54, 1.807) is 49.4 Å². The number of aryl methyl sites for hydroxylation is 1. The molecule has 0 aromatic heterocycles. The third-order valence-corrected chi connectivity index (χ3v) is 5.39. The standard InChI is InChI=1S/C27H23Cl2N3O4/c1-3-35-24-14-18(12-19(15-30)27(34)31-20-8-6-7-17(2)11-20)13-22(29)26(24)36-16-25(33)32-23-10-5-4-9-21(23)28/h4-14H,3,16H2,1-2H3,(H,31,34)(H,32,33)/b19-12+. The Morgan fingerprint density at radius 1 is 1.00 bits per heavy atom. The molecule has 0 aliphatic heterocycles. The normalized spacial score (nSPS) is 10.8. The summed E-state index contributed by atoms with van der Waals surface area (Å²) in [5, 5.41) is 15.5. The molecule has 2 amide bonds. The molecule has 0 fully saturated rings. The lowest BCUT2D eigenvalue weighted by molar-refractivity contribution is -0.118. The number of carbonyl (C=O) groups excluding carboxylic acids is 2. The molecule has 2 N–H and O–H groups in total. The molecule has 3 rings (SSSR count). The number of ether oxygens (including phenoxy) is 2. The van der Waals surface area contributed by atoms with Crippen molar-refractivity contribution in [3.63, 3.8) is 0 Å². The van der Waals surface area contributed by atoms with Crippen LogP contribution in [0.4, 0.5) is 11.4 Å². The molecule has 0 saturated heterocycles. The first-order valence-corrected chi connectivity index (χ1v) is 11.7. The Bertz CT molecular complexity index is 1350. The summed E-state index contributed by atoms with van der Waals surface area (Å²) in [5.41, 5.74) is 2.33. The lowest BCUT2D eigenvalue weighted by Crippen LogP contribution is -2.20. The highest BCUT2D eigenvalue weighted by Gasteiger charge is 2.16. The molecule has 0 bridgehead atoms. The summed E-state index contributed by atoms with van der Waals surface area (Å²) >= 11 is 12.5. The Morgan fingerprint density at radius 3 is 2.47 bits per heavy atom. The lowest BCUT2D eigenvalue weighted by Gasteiger charge is -2.15. The van der Waals surface area contributed by atoms with Crippen LogP contribution in [0.15, 0.2) is 66.2 Å². The zero-order valence-corrected chi connectivity index (χ0v) is 21.1. The van der Waals surface area contributed by atoms with Gasteiger partial charge in [0, 0.05) is 5.69 Å². The summed E-state index contributed by atoms with van der Waals surface area (Å²) in [6.45, 7) is 3.63. The molecule has 0 atom stereocenters. The predicted octanol–water partition coefficient (Wildman–Crippen LogP) is 6.26.